The molecule has 0 fully saturated rings. The Hall–Kier alpha value is 0. The van der Waals surface area contributed by atoms with Crippen molar-refractivity contribution in [1.82, 2.24) is 0 Å². The Kier molecular flexibility index (Phi) is 18.2. The molecule has 0 N–H and O–H groups in total. The quantitative estimate of drug-likeness (QED) is 0.455. The second kappa shape index (κ2) is 15.5. The van der Waals surface area contributed by atoms with Crippen molar-refractivity contribution in [2.24, 2.45) is 5.92 Å². The fourth-order valence-electron chi connectivity index (χ4n) is 1.30. The molecule has 0 heterocycles. The highest BCUT2D eigenvalue weighted by molar-refractivity contribution is 4.49. The molecule has 14 heavy (non-hydrogen) atoms. The van der Waals surface area contributed by atoms with Crippen molar-refractivity contribution in [2.45, 2.75) is 86.0 Å². The zero-order chi connectivity index (χ0) is 11.2. The Morgan fingerprint density at radius 3 is 1.50 bits per heavy atom. The highest BCUT2D eigenvalue weighted by Crippen LogP contribution is 2.11. The first-order chi connectivity index (χ1) is 6.72. The van der Waals surface area contributed by atoms with Crippen LogP contribution in [-0.2, 0) is 0 Å². The van der Waals surface area contributed by atoms with Gasteiger partial charge in [-0.05, 0) is 5.92 Å². The first kappa shape index (κ1) is 16.4. The summed E-state index contributed by atoms with van der Waals surface area (Å²) in [5.74, 6) is 0.955. The summed E-state index contributed by atoms with van der Waals surface area (Å²) in [6.45, 7) is 11.3. The van der Waals surface area contributed by atoms with E-state index in [4.69, 9.17) is 0 Å². The third-order valence-electron chi connectivity index (χ3n) is 2.70. The molecule has 0 radical (unpaired) electrons. The summed E-state index contributed by atoms with van der Waals surface area (Å²) >= 11 is 0. The third kappa shape index (κ3) is 17.9. The summed E-state index contributed by atoms with van der Waals surface area (Å²) in [7, 11) is 0. The van der Waals surface area contributed by atoms with Gasteiger partial charge in [0.15, 0.2) is 0 Å². The van der Waals surface area contributed by atoms with Crippen LogP contribution in [0.2, 0.25) is 0 Å². The lowest BCUT2D eigenvalue weighted by Crippen LogP contribution is -1.90. The van der Waals surface area contributed by atoms with E-state index in [-0.39, 0.29) is 0 Å². The van der Waals surface area contributed by atoms with Crippen LogP contribution in [0, 0.1) is 5.92 Å². The van der Waals surface area contributed by atoms with E-state index in [1.165, 1.54) is 51.4 Å². The van der Waals surface area contributed by atoms with Crippen LogP contribution in [0.4, 0.5) is 0 Å². The average Bonchev–Trinajstić information content (AvgIpc) is 2.20. The van der Waals surface area contributed by atoms with Crippen molar-refractivity contribution in [3.63, 3.8) is 0 Å². The lowest BCUT2D eigenvalue weighted by atomic mass is 10.0. The van der Waals surface area contributed by atoms with Crippen molar-refractivity contribution >= 4 is 0 Å². The van der Waals surface area contributed by atoms with Crippen molar-refractivity contribution in [2.75, 3.05) is 0 Å². The minimum absolute atomic E-state index is 0.955. The maximum absolute atomic E-state index is 2.34. The van der Waals surface area contributed by atoms with Gasteiger partial charge in [-0.2, -0.15) is 0 Å². The van der Waals surface area contributed by atoms with Crippen molar-refractivity contribution in [3.8, 4) is 0 Å². The molecule has 0 saturated heterocycles. The molecule has 0 amide bonds. The van der Waals surface area contributed by atoms with Crippen LogP contribution in [0.1, 0.15) is 86.0 Å². The first-order valence-electron chi connectivity index (χ1n) is 6.72. The molecule has 0 aliphatic heterocycles. The zero-order valence-electron chi connectivity index (χ0n) is 11.2. The number of hydrogen-bond donors (Lipinski definition) is 0. The summed E-state index contributed by atoms with van der Waals surface area (Å²) in [5.41, 5.74) is 0. The summed E-state index contributed by atoms with van der Waals surface area (Å²) in [6, 6.07) is 0. The van der Waals surface area contributed by atoms with E-state index >= 15 is 0 Å². The van der Waals surface area contributed by atoms with Gasteiger partial charge in [-0.25, -0.2) is 0 Å². The molecule has 0 aromatic rings. The molecule has 0 heteroatoms. The van der Waals surface area contributed by atoms with E-state index in [0.717, 1.165) is 5.92 Å². The maximum Gasteiger partial charge on any atom is -0.0445 e. The molecular formula is C14H32. The highest BCUT2D eigenvalue weighted by Gasteiger charge is 1.95. The second-order valence-electron chi connectivity index (χ2n) is 4.36. The summed E-state index contributed by atoms with van der Waals surface area (Å²) < 4.78 is 0. The van der Waals surface area contributed by atoms with Gasteiger partial charge in [-0.3, -0.25) is 0 Å². The van der Waals surface area contributed by atoms with E-state index in [1.807, 2.05) is 0 Å². The summed E-state index contributed by atoms with van der Waals surface area (Å²) in [4.78, 5) is 0. The molecule has 0 aliphatic rings. The SMILES string of the molecule is CCCCC.CCCCCC(C)CC. The molecule has 0 saturated carbocycles. The highest BCUT2D eigenvalue weighted by atomic mass is 14.0. The lowest BCUT2D eigenvalue weighted by Gasteiger charge is -2.05. The summed E-state index contributed by atoms with van der Waals surface area (Å²) in [6.07, 6.45) is 11.1. The van der Waals surface area contributed by atoms with Crippen LogP contribution in [0.25, 0.3) is 0 Å². The Balaban J connectivity index is 0. The van der Waals surface area contributed by atoms with Crippen LogP contribution in [0.15, 0.2) is 0 Å². The van der Waals surface area contributed by atoms with Gasteiger partial charge in [0.25, 0.3) is 0 Å². The molecule has 0 nitrogen and oxygen atoms in total. The van der Waals surface area contributed by atoms with Gasteiger partial charge in [0.05, 0.1) is 0 Å². The van der Waals surface area contributed by atoms with Gasteiger partial charge < -0.3 is 0 Å². The predicted octanol–water partition coefficient (Wildman–Crippen LogP) is 5.81. The number of rotatable bonds is 7. The van der Waals surface area contributed by atoms with E-state index in [9.17, 15) is 0 Å². The molecule has 0 spiro atoms. The number of unbranched alkanes of at least 4 members (excludes halogenated alkanes) is 4. The predicted molar refractivity (Wildman–Crippen MR) is 68.8 cm³/mol. The largest absolute Gasteiger partial charge is 0.0654 e. The van der Waals surface area contributed by atoms with Crippen LogP contribution in [0.5, 0.6) is 0 Å². The lowest BCUT2D eigenvalue weighted by molar-refractivity contribution is 0.482. The molecule has 88 valence electrons. The Bertz CT molecular complexity index is 74.1. The average molecular weight is 200 g/mol. The Morgan fingerprint density at radius 2 is 1.21 bits per heavy atom. The van der Waals surface area contributed by atoms with E-state index in [0.29, 0.717) is 0 Å². The van der Waals surface area contributed by atoms with Crippen molar-refractivity contribution in [3.05, 3.63) is 0 Å². The topological polar surface area (TPSA) is 0 Å². The summed E-state index contributed by atoms with van der Waals surface area (Å²) in [5, 5.41) is 0. The fraction of sp³-hybridized carbons (Fsp3) is 1.00. The molecule has 0 bridgehead atoms. The normalized spacial score (nSPS) is 11.8. The molecule has 0 aliphatic carbocycles. The van der Waals surface area contributed by atoms with Crippen LogP contribution < -0.4 is 0 Å². The van der Waals surface area contributed by atoms with E-state index in [1.54, 1.807) is 0 Å². The van der Waals surface area contributed by atoms with Gasteiger partial charge in [0.2, 0.25) is 0 Å². The van der Waals surface area contributed by atoms with Gasteiger partial charge in [-0.15, -0.1) is 0 Å². The minimum Gasteiger partial charge on any atom is -0.0654 e. The molecule has 0 aromatic heterocycles. The van der Waals surface area contributed by atoms with Crippen molar-refractivity contribution < 1.29 is 0 Å². The van der Waals surface area contributed by atoms with E-state index < -0.39 is 0 Å². The molecule has 0 aromatic carbocycles. The molecule has 0 rings (SSSR count). The monoisotopic (exact) mass is 200 g/mol. The Labute approximate surface area is 92.5 Å². The maximum atomic E-state index is 2.34. The van der Waals surface area contributed by atoms with Crippen LogP contribution in [0.3, 0.4) is 0 Å². The van der Waals surface area contributed by atoms with Gasteiger partial charge in [-0.1, -0.05) is 86.0 Å². The van der Waals surface area contributed by atoms with Crippen LogP contribution in [-0.4, -0.2) is 0 Å². The Morgan fingerprint density at radius 1 is 0.714 bits per heavy atom. The zero-order valence-corrected chi connectivity index (χ0v) is 11.2. The number of hydrogen-bond acceptors (Lipinski definition) is 0. The van der Waals surface area contributed by atoms with Crippen molar-refractivity contribution in [1.29, 1.82) is 0 Å². The standard InChI is InChI=1S/C9H20.C5H12/c1-4-6-7-8-9(3)5-2;1-3-5-4-2/h9H,4-8H2,1-3H3;3-5H2,1-2H3. The first-order valence-corrected chi connectivity index (χ1v) is 6.72. The molecule has 1 atom stereocenters. The smallest absolute Gasteiger partial charge is 0.0445 e. The van der Waals surface area contributed by atoms with E-state index in [2.05, 4.69) is 34.6 Å². The van der Waals surface area contributed by atoms with Gasteiger partial charge in [0.1, 0.15) is 0 Å². The minimum atomic E-state index is 0.955. The van der Waals surface area contributed by atoms with Crippen LogP contribution >= 0.6 is 0 Å². The van der Waals surface area contributed by atoms with Gasteiger partial charge in [0, 0.05) is 0 Å². The fourth-order valence-corrected chi connectivity index (χ4v) is 1.30. The third-order valence-corrected chi connectivity index (χ3v) is 2.70. The second-order valence-corrected chi connectivity index (χ2v) is 4.36. The molecule has 1 unspecified atom stereocenters. The van der Waals surface area contributed by atoms with Gasteiger partial charge >= 0.3 is 0 Å². The molecular weight excluding hydrogens is 168 g/mol.